The molecule has 4 heteroatoms. The Balaban J connectivity index is 2.45. The van der Waals surface area contributed by atoms with Crippen molar-refractivity contribution in [2.24, 2.45) is 0 Å². The van der Waals surface area contributed by atoms with E-state index in [0.29, 0.717) is 25.1 Å². The lowest BCUT2D eigenvalue weighted by molar-refractivity contribution is -0.122. The topological polar surface area (TPSA) is 49.4 Å². The number of allylic oxidation sites excluding steroid dienone is 1. The first kappa shape index (κ1) is 11.5. The van der Waals surface area contributed by atoms with Gasteiger partial charge in [0.1, 0.15) is 5.94 Å². The Labute approximate surface area is 89.6 Å². The van der Waals surface area contributed by atoms with Gasteiger partial charge in [0.05, 0.1) is 6.54 Å². The monoisotopic (exact) mass is 208 g/mol. The largest absolute Gasteiger partial charge is 0.364 e. The summed E-state index contributed by atoms with van der Waals surface area (Å²) >= 11 is 0. The fourth-order valence-corrected chi connectivity index (χ4v) is 1.44. The first-order chi connectivity index (χ1) is 7.11. The van der Waals surface area contributed by atoms with Crippen LogP contribution in [-0.4, -0.2) is 35.9 Å². The summed E-state index contributed by atoms with van der Waals surface area (Å²) in [4.78, 5) is 23.7. The van der Waals surface area contributed by atoms with Gasteiger partial charge >= 0.3 is 0 Å². The van der Waals surface area contributed by atoms with Crippen LogP contribution >= 0.6 is 0 Å². The molecule has 1 amide bonds. The molecule has 0 aliphatic carbocycles. The van der Waals surface area contributed by atoms with Crippen LogP contribution in [0.4, 0.5) is 0 Å². The maximum absolute atomic E-state index is 11.4. The lowest BCUT2D eigenvalue weighted by Gasteiger charge is -2.23. The third-order valence-corrected chi connectivity index (χ3v) is 2.02. The molecular formula is C11H16N2O2. The van der Waals surface area contributed by atoms with Gasteiger partial charge in [0.15, 0.2) is 0 Å². The Morgan fingerprint density at radius 1 is 1.67 bits per heavy atom. The average Bonchev–Trinajstić information content (AvgIpc) is 2.16. The summed E-state index contributed by atoms with van der Waals surface area (Å²) in [7, 11) is 0. The van der Waals surface area contributed by atoms with Gasteiger partial charge in [-0.2, -0.15) is 0 Å². The van der Waals surface area contributed by atoms with E-state index in [-0.39, 0.29) is 11.9 Å². The molecule has 0 unspecified atom stereocenters. The molecule has 0 aromatic rings. The first-order valence-corrected chi connectivity index (χ1v) is 5.04. The Hall–Kier alpha value is -1.54. The minimum atomic E-state index is -0.0261. The molecule has 1 aliphatic heterocycles. The number of rotatable bonds is 3. The van der Waals surface area contributed by atoms with Crippen molar-refractivity contribution < 1.29 is 9.59 Å². The van der Waals surface area contributed by atoms with E-state index in [1.54, 1.807) is 4.90 Å². The van der Waals surface area contributed by atoms with Crippen LogP contribution < -0.4 is 5.32 Å². The van der Waals surface area contributed by atoms with E-state index in [4.69, 9.17) is 0 Å². The summed E-state index contributed by atoms with van der Waals surface area (Å²) in [5.41, 5.74) is 0.690. The molecule has 0 atom stereocenters. The SMILES string of the molecule is CC(C)NC(=O)CN1C=CCC(=C=O)C1. The van der Waals surface area contributed by atoms with Gasteiger partial charge in [0, 0.05) is 24.6 Å². The summed E-state index contributed by atoms with van der Waals surface area (Å²) in [5.74, 6) is 1.86. The summed E-state index contributed by atoms with van der Waals surface area (Å²) in [6.45, 7) is 4.63. The van der Waals surface area contributed by atoms with E-state index in [1.165, 1.54) is 0 Å². The smallest absolute Gasteiger partial charge is 0.239 e. The molecule has 15 heavy (non-hydrogen) atoms. The third-order valence-electron chi connectivity index (χ3n) is 2.02. The zero-order valence-corrected chi connectivity index (χ0v) is 9.12. The van der Waals surface area contributed by atoms with Crippen LogP contribution in [0.1, 0.15) is 20.3 Å². The number of hydrogen-bond donors (Lipinski definition) is 1. The first-order valence-electron chi connectivity index (χ1n) is 5.04. The standard InChI is InChI=1S/C11H16N2O2/c1-9(2)12-11(15)7-13-5-3-4-10(6-13)8-14/h3,5,9H,4,6-7H2,1-2H3,(H,12,15). The normalized spacial score (nSPS) is 15.4. The Bertz CT molecular complexity index is 315. The van der Waals surface area contributed by atoms with Gasteiger partial charge in [-0.15, -0.1) is 0 Å². The molecule has 0 saturated heterocycles. The molecule has 1 heterocycles. The number of nitrogens with zero attached hydrogens (tertiary/aromatic N) is 1. The lowest BCUT2D eigenvalue weighted by Crippen LogP contribution is -2.39. The highest BCUT2D eigenvalue weighted by Crippen LogP contribution is 2.09. The van der Waals surface area contributed by atoms with Crippen LogP contribution in [-0.2, 0) is 9.59 Å². The highest BCUT2D eigenvalue weighted by Gasteiger charge is 2.12. The van der Waals surface area contributed by atoms with E-state index in [1.807, 2.05) is 32.1 Å². The summed E-state index contributed by atoms with van der Waals surface area (Å²) in [6, 6.07) is 0.146. The van der Waals surface area contributed by atoms with Crippen LogP contribution in [0.15, 0.2) is 17.8 Å². The van der Waals surface area contributed by atoms with Crippen LogP contribution in [0.3, 0.4) is 0 Å². The summed E-state index contributed by atoms with van der Waals surface area (Å²) < 4.78 is 0. The zero-order valence-electron chi connectivity index (χ0n) is 9.12. The van der Waals surface area contributed by atoms with E-state index >= 15 is 0 Å². The van der Waals surface area contributed by atoms with Gasteiger partial charge in [-0.3, -0.25) is 4.79 Å². The molecule has 0 bridgehead atoms. The average molecular weight is 208 g/mol. The van der Waals surface area contributed by atoms with Crippen molar-refractivity contribution >= 4 is 11.8 Å². The number of carbonyl (C=O) groups excluding carboxylic acids is 2. The summed E-state index contributed by atoms with van der Waals surface area (Å²) in [5, 5.41) is 2.80. The molecule has 1 rings (SSSR count). The number of carbonyl (C=O) groups is 1. The minimum Gasteiger partial charge on any atom is -0.364 e. The van der Waals surface area contributed by atoms with Crippen molar-refractivity contribution in [1.29, 1.82) is 0 Å². The molecule has 82 valence electrons. The number of hydrogen-bond acceptors (Lipinski definition) is 3. The highest BCUT2D eigenvalue weighted by atomic mass is 16.2. The fraction of sp³-hybridized carbons (Fsp3) is 0.545. The van der Waals surface area contributed by atoms with Crippen LogP contribution in [0.2, 0.25) is 0 Å². The van der Waals surface area contributed by atoms with E-state index in [2.05, 4.69) is 5.32 Å². The quantitative estimate of drug-likeness (QED) is 0.687. The summed E-state index contributed by atoms with van der Waals surface area (Å²) in [6.07, 6.45) is 4.36. The van der Waals surface area contributed by atoms with Gasteiger partial charge in [0.2, 0.25) is 5.91 Å². The van der Waals surface area contributed by atoms with Gasteiger partial charge in [0.25, 0.3) is 0 Å². The van der Waals surface area contributed by atoms with Crippen molar-refractivity contribution in [3.05, 3.63) is 17.8 Å². The second-order valence-electron chi connectivity index (χ2n) is 3.92. The predicted molar refractivity (Wildman–Crippen MR) is 57.8 cm³/mol. The van der Waals surface area contributed by atoms with Crippen molar-refractivity contribution in [3.63, 3.8) is 0 Å². The van der Waals surface area contributed by atoms with Crippen LogP contribution in [0.25, 0.3) is 0 Å². The molecule has 0 spiro atoms. The molecule has 0 fully saturated rings. The maximum Gasteiger partial charge on any atom is 0.239 e. The maximum atomic E-state index is 11.4. The zero-order chi connectivity index (χ0) is 11.3. The molecule has 0 radical (unpaired) electrons. The van der Waals surface area contributed by atoms with Crippen LogP contribution in [0, 0.1) is 0 Å². The van der Waals surface area contributed by atoms with E-state index < -0.39 is 0 Å². The fourth-order valence-electron chi connectivity index (χ4n) is 1.44. The highest BCUT2D eigenvalue weighted by molar-refractivity contribution is 5.78. The molecule has 0 aromatic carbocycles. The third kappa shape index (κ3) is 4.00. The van der Waals surface area contributed by atoms with E-state index in [9.17, 15) is 9.59 Å². The second kappa shape index (κ2) is 5.37. The van der Waals surface area contributed by atoms with Crippen molar-refractivity contribution in [2.45, 2.75) is 26.3 Å². The second-order valence-corrected chi connectivity index (χ2v) is 3.92. The predicted octanol–water partition coefficient (Wildman–Crippen LogP) is 0.488. The van der Waals surface area contributed by atoms with Gasteiger partial charge in [-0.05, 0) is 20.0 Å². The van der Waals surface area contributed by atoms with Crippen LogP contribution in [0.5, 0.6) is 0 Å². The molecule has 4 nitrogen and oxygen atoms in total. The lowest BCUT2D eigenvalue weighted by atomic mass is 10.1. The molecule has 1 N–H and O–H groups in total. The van der Waals surface area contributed by atoms with Gasteiger partial charge in [-0.25, -0.2) is 4.79 Å². The number of nitrogens with one attached hydrogen (secondary N) is 1. The van der Waals surface area contributed by atoms with E-state index in [0.717, 1.165) is 0 Å². The Kier molecular flexibility index (Phi) is 4.13. The van der Waals surface area contributed by atoms with Crippen molar-refractivity contribution in [3.8, 4) is 0 Å². The molecule has 1 aliphatic rings. The minimum absolute atomic E-state index is 0.0261. The van der Waals surface area contributed by atoms with Gasteiger partial charge in [-0.1, -0.05) is 6.08 Å². The number of amides is 1. The van der Waals surface area contributed by atoms with Crippen molar-refractivity contribution in [2.75, 3.05) is 13.1 Å². The Morgan fingerprint density at radius 3 is 3.00 bits per heavy atom. The van der Waals surface area contributed by atoms with Gasteiger partial charge < -0.3 is 10.2 Å². The Morgan fingerprint density at radius 2 is 2.40 bits per heavy atom. The van der Waals surface area contributed by atoms with Crippen molar-refractivity contribution in [1.82, 2.24) is 10.2 Å². The molecule has 0 aromatic heterocycles. The molecular weight excluding hydrogens is 192 g/mol. The molecule has 0 saturated carbocycles.